The van der Waals surface area contributed by atoms with Gasteiger partial charge in [0.1, 0.15) is 11.9 Å². The van der Waals surface area contributed by atoms with Gasteiger partial charge in [0.15, 0.2) is 5.15 Å². The van der Waals surface area contributed by atoms with Crippen molar-refractivity contribution in [3.8, 4) is 0 Å². The van der Waals surface area contributed by atoms with Gasteiger partial charge in [-0.2, -0.15) is 0 Å². The van der Waals surface area contributed by atoms with E-state index in [-0.39, 0.29) is 6.42 Å². The molecule has 2 heterocycles. The van der Waals surface area contributed by atoms with Gasteiger partial charge in [-0.1, -0.05) is 11.6 Å². The molecular weight excluding hydrogens is 226 g/mol. The van der Waals surface area contributed by atoms with E-state index in [2.05, 4.69) is 4.98 Å². The number of pyridine rings is 1. The molecule has 0 bridgehead atoms. The second kappa shape index (κ2) is 4.14. The number of hydrogen-bond acceptors (Lipinski definition) is 3. The van der Waals surface area contributed by atoms with Crippen molar-refractivity contribution in [1.29, 1.82) is 0 Å². The van der Waals surface area contributed by atoms with E-state index >= 15 is 0 Å². The first-order chi connectivity index (χ1) is 7.63. The van der Waals surface area contributed by atoms with E-state index in [1.54, 1.807) is 0 Å². The molecule has 0 aliphatic heterocycles. The van der Waals surface area contributed by atoms with Crippen molar-refractivity contribution in [1.82, 2.24) is 9.38 Å². The second-order valence-corrected chi connectivity index (χ2v) is 4.09. The summed E-state index contributed by atoms with van der Waals surface area (Å²) in [5, 5.41) is 0.392. The first-order valence-electron chi connectivity index (χ1n) is 4.91. The third-order valence-corrected chi connectivity index (χ3v) is 2.76. The summed E-state index contributed by atoms with van der Waals surface area (Å²) in [5.74, 6) is 0. The van der Waals surface area contributed by atoms with Crippen LogP contribution in [0.2, 0.25) is 5.15 Å². The van der Waals surface area contributed by atoms with Crippen LogP contribution in [0.4, 0.5) is 5.69 Å². The van der Waals surface area contributed by atoms with Crippen LogP contribution >= 0.6 is 11.6 Å². The van der Waals surface area contributed by atoms with Crippen LogP contribution in [-0.4, -0.2) is 29.8 Å². The minimum absolute atomic E-state index is 0.279. The van der Waals surface area contributed by atoms with Gasteiger partial charge in [0.25, 0.3) is 0 Å². The van der Waals surface area contributed by atoms with Gasteiger partial charge in [0.2, 0.25) is 0 Å². The highest BCUT2D eigenvalue weighted by atomic mass is 35.5. The van der Waals surface area contributed by atoms with E-state index in [9.17, 15) is 4.79 Å². The Morgan fingerprint density at radius 1 is 1.56 bits per heavy atom. The number of rotatable bonds is 3. The lowest BCUT2D eigenvalue weighted by molar-refractivity contribution is -0.107. The zero-order valence-corrected chi connectivity index (χ0v) is 9.90. The molecule has 0 aliphatic carbocycles. The Labute approximate surface area is 98.5 Å². The molecule has 0 atom stereocenters. The number of imidazole rings is 1. The predicted octanol–water partition coefficient (Wildman–Crippen LogP) is 1.80. The molecule has 0 N–H and O–H groups in total. The van der Waals surface area contributed by atoms with Crippen molar-refractivity contribution < 1.29 is 4.79 Å². The highest BCUT2D eigenvalue weighted by molar-refractivity contribution is 6.30. The number of nitrogens with zero attached hydrogens (tertiary/aromatic N) is 3. The fourth-order valence-corrected chi connectivity index (χ4v) is 1.85. The molecule has 4 nitrogen and oxygen atoms in total. The summed E-state index contributed by atoms with van der Waals surface area (Å²) in [6, 6.07) is 3.89. The van der Waals surface area contributed by atoms with E-state index in [0.717, 1.165) is 23.3 Å². The van der Waals surface area contributed by atoms with Crippen molar-refractivity contribution in [2.45, 2.75) is 6.42 Å². The molecule has 2 aromatic rings. The average molecular weight is 238 g/mol. The first-order valence-corrected chi connectivity index (χ1v) is 5.28. The molecule has 5 heteroatoms. The van der Waals surface area contributed by atoms with Crippen LogP contribution < -0.4 is 4.90 Å². The SMILES string of the molecule is CN(C)c1ccn2c(CC=O)c(Cl)nc2c1. The Bertz CT molecular complexity index is 533. The van der Waals surface area contributed by atoms with Gasteiger partial charge in [0, 0.05) is 38.5 Å². The molecule has 0 fully saturated rings. The summed E-state index contributed by atoms with van der Waals surface area (Å²) >= 11 is 5.97. The summed E-state index contributed by atoms with van der Waals surface area (Å²) in [4.78, 5) is 16.7. The number of hydrogen-bond donors (Lipinski definition) is 0. The fourth-order valence-electron chi connectivity index (χ4n) is 1.60. The number of fused-ring (bicyclic) bond motifs is 1. The summed E-state index contributed by atoms with van der Waals surface area (Å²) in [6.45, 7) is 0. The smallest absolute Gasteiger partial charge is 0.151 e. The molecule has 0 unspecified atom stereocenters. The van der Waals surface area contributed by atoms with Gasteiger partial charge in [-0.25, -0.2) is 4.98 Å². The number of aromatic nitrogens is 2. The van der Waals surface area contributed by atoms with E-state index in [1.807, 2.05) is 41.7 Å². The van der Waals surface area contributed by atoms with Crippen LogP contribution in [0.3, 0.4) is 0 Å². The topological polar surface area (TPSA) is 37.6 Å². The van der Waals surface area contributed by atoms with E-state index in [1.165, 1.54) is 0 Å². The number of carbonyl (C=O) groups is 1. The molecule has 0 saturated heterocycles. The minimum Gasteiger partial charge on any atom is -0.378 e. The van der Waals surface area contributed by atoms with Crippen LogP contribution in [0, 0.1) is 0 Å². The number of aldehydes is 1. The van der Waals surface area contributed by atoms with Crippen molar-refractivity contribution in [3.05, 3.63) is 29.2 Å². The van der Waals surface area contributed by atoms with Crippen LogP contribution in [0.1, 0.15) is 5.69 Å². The van der Waals surface area contributed by atoms with Gasteiger partial charge >= 0.3 is 0 Å². The van der Waals surface area contributed by atoms with Crippen molar-refractivity contribution in [2.75, 3.05) is 19.0 Å². The van der Waals surface area contributed by atoms with Gasteiger partial charge < -0.3 is 14.1 Å². The van der Waals surface area contributed by atoms with E-state index in [0.29, 0.717) is 5.15 Å². The van der Waals surface area contributed by atoms with E-state index < -0.39 is 0 Å². The molecule has 0 spiro atoms. The van der Waals surface area contributed by atoms with Crippen LogP contribution in [0.15, 0.2) is 18.3 Å². The summed E-state index contributed by atoms with van der Waals surface area (Å²) in [7, 11) is 3.92. The molecule has 0 saturated carbocycles. The average Bonchev–Trinajstić information content (AvgIpc) is 2.55. The van der Waals surface area contributed by atoms with Gasteiger partial charge in [0.05, 0.1) is 5.69 Å². The molecule has 0 aromatic carbocycles. The third-order valence-electron chi connectivity index (χ3n) is 2.45. The second-order valence-electron chi connectivity index (χ2n) is 3.73. The summed E-state index contributed by atoms with van der Waals surface area (Å²) < 4.78 is 1.84. The summed E-state index contributed by atoms with van der Waals surface area (Å²) in [5.41, 5.74) is 2.54. The van der Waals surface area contributed by atoms with Crippen molar-refractivity contribution in [2.24, 2.45) is 0 Å². The Morgan fingerprint density at radius 2 is 2.31 bits per heavy atom. The monoisotopic (exact) mass is 237 g/mol. The Hall–Kier alpha value is -1.55. The Balaban J connectivity index is 2.60. The largest absolute Gasteiger partial charge is 0.378 e. The van der Waals surface area contributed by atoms with Crippen LogP contribution in [0.25, 0.3) is 5.65 Å². The van der Waals surface area contributed by atoms with E-state index in [4.69, 9.17) is 11.6 Å². The highest BCUT2D eigenvalue weighted by Gasteiger charge is 2.10. The maximum atomic E-state index is 10.5. The lowest BCUT2D eigenvalue weighted by Gasteiger charge is -2.12. The molecule has 84 valence electrons. The van der Waals surface area contributed by atoms with Crippen molar-refractivity contribution >= 4 is 29.2 Å². The molecule has 2 aromatic heterocycles. The predicted molar refractivity (Wildman–Crippen MR) is 64.3 cm³/mol. The maximum absolute atomic E-state index is 10.5. The first kappa shape index (κ1) is 11.0. The molecule has 0 aliphatic rings. The van der Waals surface area contributed by atoms with Gasteiger partial charge in [-0.15, -0.1) is 0 Å². The normalized spacial score (nSPS) is 10.7. The number of carbonyl (C=O) groups excluding carboxylic acids is 1. The maximum Gasteiger partial charge on any atom is 0.151 e. The molecular formula is C11H12ClN3O. The third kappa shape index (κ3) is 1.76. The van der Waals surface area contributed by atoms with Crippen LogP contribution in [0.5, 0.6) is 0 Å². The highest BCUT2D eigenvalue weighted by Crippen LogP contribution is 2.21. The van der Waals surface area contributed by atoms with Crippen LogP contribution in [-0.2, 0) is 11.2 Å². The Morgan fingerprint density at radius 3 is 2.94 bits per heavy atom. The summed E-state index contributed by atoms with van der Waals surface area (Å²) in [6.07, 6.45) is 2.99. The fraction of sp³-hybridized carbons (Fsp3) is 0.273. The quantitative estimate of drug-likeness (QED) is 0.764. The molecule has 2 rings (SSSR count). The zero-order valence-electron chi connectivity index (χ0n) is 9.14. The van der Waals surface area contributed by atoms with Gasteiger partial charge in [-0.3, -0.25) is 0 Å². The Kier molecular flexibility index (Phi) is 2.83. The lowest BCUT2D eigenvalue weighted by atomic mass is 10.3. The molecule has 16 heavy (non-hydrogen) atoms. The zero-order chi connectivity index (χ0) is 11.7. The molecule has 0 amide bonds. The van der Waals surface area contributed by atoms with Gasteiger partial charge in [-0.05, 0) is 6.07 Å². The standard InChI is InChI=1S/C11H12ClN3O/c1-14(2)8-3-5-15-9(4-6-16)11(12)13-10(15)7-8/h3,5-7H,4H2,1-2H3. The number of halogens is 1. The number of anilines is 1. The van der Waals surface area contributed by atoms with Crippen molar-refractivity contribution in [3.63, 3.8) is 0 Å². The lowest BCUT2D eigenvalue weighted by Crippen LogP contribution is -2.08. The minimum atomic E-state index is 0.279. The molecule has 0 radical (unpaired) electrons.